The van der Waals surface area contributed by atoms with Crippen LogP contribution in [0.1, 0.15) is 34.1 Å². The third-order valence-electron chi connectivity index (χ3n) is 5.43. The number of aliphatic hydroxyl groups excluding tert-OH is 4. The van der Waals surface area contributed by atoms with Gasteiger partial charge in [-0.05, 0) is 31.6 Å². The highest BCUT2D eigenvalue weighted by atomic mass is 16.7. The lowest BCUT2D eigenvalue weighted by Gasteiger charge is -2.44. The number of carbonyl (C=O) groups is 1. The molecule has 2 aliphatic rings. The molecule has 0 radical (unpaired) electrons. The van der Waals surface area contributed by atoms with Crippen LogP contribution in [0, 0.1) is 5.41 Å². The lowest BCUT2D eigenvalue weighted by Crippen LogP contribution is -2.59. The first-order chi connectivity index (χ1) is 12.4. The molecule has 0 aromatic carbocycles. The lowest BCUT2D eigenvalue weighted by molar-refractivity contribution is -0.306. The van der Waals surface area contributed by atoms with Gasteiger partial charge in [0.25, 0.3) is 0 Å². The molecule has 1 heterocycles. The Morgan fingerprint density at radius 2 is 1.93 bits per heavy atom. The average molecular weight is 386 g/mol. The first-order valence-corrected chi connectivity index (χ1v) is 9.02. The summed E-state index contributed by atoms with van der Waals surface area (Å²) in [6.07, 6.45) is -2.64. The van der Waals surface area contributed by atoms with Crippen molar-refractivity contribution in [3.63, 3.8) is 0 Å². The molecule has 8 nitrogen and oxygen atoms in total. The summed E-state index contributed by atoms with van der Waals surface area (Å²) in [7, 11) is 0. The van der Waals surface area contributed by atoms with E-state index in [4.69, 9.17) is 9.47 Å². The van der Waals surface area contributed by atoms with E-state index in [-0.39, 0.29) is 12.2 Å². The molecule has 1 saturated heterocycles. The molecule has 0 bridgehead atoms. The Bertz CT molecular complexity index is 611. The third kappa shape index (κ3) is 4.32. The van der Waals surface area contributed by atoms with Gasteiger partial charge in [-0.2, -0.15) is 0 Å². The number of rotatable bonds is 5. The van der Waals surface area contributed by atoms with E-state index in [1.54, 1.807) is 39.8 Å². The van der Waals surface area contributed by atoms with Crippen LogP contribution in [0.5, 0.6) is 0 Å². The lowest BCUT2D eigenvalue weighted by atomic mass is 9.64. The molecule has 0 aromatic heterocycles. The van der Waals surface area contributed by atoms with Crippen LogP contribution < -0.4 is 0 Å². The average Bonchev–Trinajstić information content (AvgIpc) is 2.58. The van der Waals surface area contributed by atoms with Gasteiger partial charge in [0.2, 0.25) is 0 Å². The number of hydrogen-bond donors (Lipinski definition) is 5. The van der Waals surface area contributed by atoms with E-state index in [0.29, 0.717) is 5.57 Å². The summed E-state index contributed by atoms with van der Waals surface area (Å²) >= 11 is 0. The molecule has 0 amide bonds. The molecular formula is C19H30O8. The third-order valence-corrected chi connectivity index (χ3v) is 5.43. The Balaban J connectivity index is 2.11. The van der Waals surface area contributed by atoms with Crippen molar-refractivity contribution in [1.82, 2.24) is 0 Å². The Morgan fingerprint density at radius 1 is 1.30 bits per heavy atom. The van der Waals surface area contributed by atoms with E-state index in [1.807, 2.05) is 0 Å². The second-order valence-electron chi connectivity index (χ2n) is 8.02. The van der Waals surface area contributed by atoms with Crippen molar-refractivity contribution in [1.29, 1.82) is 0 Å². The standard InChI is InChI=1S/C19H30O8/c1-10-7-12(21)8-18(3,4)19(10,25)6-5-11(2)26-17-16(24)15(23)14(22)13(9-20)27-17/h5-7,11,13-17,20,22-25H,8-9H2,1-4H3/b6-5+/t11-,13-,14-,15+,16-,17-,19?/m1/s1. The van der Waals surface area contributed by atoms with Crippen LogP contribution in [0.15, 0.2) is 23.8 Å². The second-order valence-corrected chi connectivity index (χ2v) is 8.02. The van der Waals surface area contributed by atoms with E-state index < -0.39 is 54.4 Å². The summed E-state index contributed by atoms with van der Waals surface area (Å²) in [5.74, 6) is -0.0406. The minimum absolute atomic E-state index is 0.0406. The van der Waals surface area contributed by atoms with Crippen LogP contribution in [0.2, 0.25) is 0 Å². The van der Waals surface area contributed by atoms with E-state index in [1.165, 1.54) is 6.08 Å². The fourth-order valence-corrected chi connectivity index (χ4v) is 3.58. The maximum Gasteiger partial charge on any atom is 0.187 e. The first kappa shape index (κ1) is 22.2. The monoisotopic (exact) mass is 386 g/mol. The molecule has 2 rings (SSSR count). The number of ketones is 1. The normalized spacial score (nSPS) is 40.9. The summed E-state index contributed by atoms with van der Waals surface area (Å²) in [5, 5.41) is 50.0. The van der Waals surface area contributed by atoms with Gasteiger partial charge in [-0.1, -0.05) is 19.9 Å². The minimum atomic E-state index is -1.52. The van der Waals surface area contributed by atoms with E-state index in [2.05, 4.69) is 0 Å². The summed E-state index contributed by atoms with van der Waals surface area (Å²) in [6.45, 7) is 6.40. The number of hydrogen-bond acceptors (Lipinski definition) is 8. The van der Waals surface area contributed by atoms with Crippen molar-refractivity contribution in [3.05, 3.63) is 23.8 Å². The van der Waals surface area contributed by atoms with E-state index >= 15 is 0 Å². The molecule has 1 unspecified atom stereocenters. The quantitative estimate of drug-likeness (QED) is 0.396. The molecule has 0 saturated carbocycles. The number of carbonyl (C=O) groups excluding carboxylic acids is 1. The largest absolute Gasteiger partial charge is 0.394 e. The van der Waals surface area contributed by atoms with Gasteiger partial charge in [0.15, 0.2) is 12.1 Å². The molecule has 8 heteroatoms. The van der Waals surface area contributed by atoms with Gasteiger partial charge in [0.05, 0.1) is 12.7 Å². The molecule has 1 aliphatic heterocycles. The van der Waals surface area contributed by atoms with Gasteiger partial charge >= 0.3 is 0 Å². The molecule has 0 spiro atoms. The topological polar surface area (TPSA) is 137 Å². The van der Waals surface area contributed by atoms with E-state index in [0.717, 1.165) is 0 Å². The summed E-state index contributed by atoms with van der Waals surface area (Å²) in [4.78, 5) is 11.8. The number of aliphatic hydroxyl groups is 5. The predicted molar refractivity (Wildman–Crippen MR) is 95.6 cm³/mol. The zero-order valence-corrected chi connectivity index (χ0v) is 16.1. The van der Waals surface area contributed by atoms with Gasteiger partial charge in [-0.3, -0.25) is 4.79 Å². The van der Waals surface area contributed by atoms with Gasteiger partial charge in [-0.25, -0.2) is 0 Å². The van der Waals surface area contributed by atoms with Crippen LogP contribution in [0.3, 0.4) is 0 Å². The van der Waals surface area contributed by atoms with Crippen molar-refractivity contribution in [2.45, 2.75) is 76.5 Å². The highest BCUT2D eigenvalue weighted by Crippen LogP contribution is 2.44. The van der Waals surface area contributed by atoms with Crippen LogP contribution in [0.4, 0.5) is 0 Å². The predicted octanol–water partition coefficient (Wildman–Crippen LogP) is -0.576. The van der Waals surface area contributed by atoms with Crippen molar-refractivity contribution >= 4 is 5.78 Å². The highest BCUT2D eigenvalue weighted by Gasteiger charge is 2.47. The molecule has 5 N–H and O–H groups in total. The highest BCUT2D eigenvalue weighted by molar-refractivity contribution is 5.92. The molecule has 154 valence electrons. The van der Waals surface area contributed by atoms with E-state index in [9.17, 15) is 30.3 Å². The number of ether oxygens (including phenoxy) is 2. The summed E-state index contributed by atoms with van der Waals surface area (Å²) in [6, 6.07) is 0. The van der Waals surface area contributed by atoms with Gasteiger partial charge in [-0.15, -0.1) is 0 Å². The van der Waals surface area contributed by atoms with Crippen LogP contribution in [-0.2, 0) is 14.3 Å². The maximum atomic E-state index is 11.8. The molecule has 27 heavy (non-hydrogen) atoms. The molecule has 1 fully saturated rings. The minimum Gasteiger partial charge on any atom is -0.394 e. The zero-order valence-electron chi connectivity index (χ0n) is 16.1. The summed E-state index contributed by atoms with van der Waals surface area (Å²) in [5.41, 5.74) is -1.52. The smallest absolute Gasteiger partial charge is 0.187 e. The van der Waals surface area contributed by atoms with Gasteiger partial charge in [0.1, 0.15) is 30.0 Å². The van der Waals surface area contributed by atoms with Crippen LogP contribution in [0.25, 0.3) is 0 Å². The molecule has 0 aromatic rings. The van der Waals surface area contributed by atoms with Crippen molar-refractivity contribution in [3.8, 4) is 0 Å². The Labute approximate surface area is 158 Å². The van der Waals surface area contributed by atoms with Crippen LogP contribution in [-0.4, -0.2) is 80.3 Å². The van der Waals surface area contributed by atoms with Gasteiger partial charge < -0.3 is 35.0 Å². The Hall–Kier alpha value is -1.13. The summed E-state index contributed by atoms with van der Waals surface area (Å²) < 4.78 is 10.9. The maximum absolute atomic E-state index is 11.8. The van der Waals surface area contributed by atoms with Crippen molar-refractivity contribution in [2.75, 3.05) is 6.61 Å². The van der Waals surface area contributed by atoms with Crippen LogP contribution >= 0.6 is 0 Å². The van der Waals surface area contributed by atoms with Gasteiger partial charge in [0, 0.05) is 11.8 Å². The van der Waals surface area contributed by atoms with Crippen molar-refractivity contribution < 1.29 is 39.8 Å². The first-order valence-electron chi connectivity index (χ1n) is 9.02. The number of allylic oxidation sites excluding steroid dienone is 1. The Morgan fingerprint density at radius 3 is 2.48 bits per heavy atom. The Kier molecular flexibility index (Phi) is 6.63. The second kappa shape index (κ2) is 8.08. The molecular weight excluding hydrogens is 356 g/mol. The zero-order chi connectivity index (χ0) is 20.6. The fourth-order valence-electron chi connectivity index (χ4n) is 3.58. The fraction of sp³-hybridized carbons (Fsp3) is 0.737. The SMILES string of the molecule is CC1=CC(=O)CC(C)(C)C1(O)/C=C/[C@@H](C)O[C@@H]1O[C@H](CO)[C@@H](O)[C@H](O)[C@H]1O. The van der Waals surface area contributed by atoms with Crippen molar-refractivity contribution in [2.24, 2.45) is 5.41 Å². The molecule has 1 aliphatic carbocycles. The molecule has 7 atom stereocenters.